The van der Waals surface area contributed by atoms with E-state index in [1.807, 2.05) is 24.3 Å². The van der Waals surface area contributed by atoms with Crippen LogP contribution in [0.1, 0.15) is 11.1 Å². The van der Waals surface area contributed by atoms with Crippen LogP contribution < -0.4 is 0 Å². The first-order valence-electron chi connectivity index (χ1n) is 4.65. The molecule has 1 aliphatic rings. The Labute approximate surface area is 87.9 Å². The summed E-state index contributed by atoms with van der Waals surface area (Å²) >= 11 is 0. The zero-order valence-electron chi connectivity index (χ0n) is 8.27. The fraction of sp³-hybridized carbons (Fsp3) is 0.273. The van der Waals surface area contributed by atoms with Gasteiger partial charge in [-0.3, -0.25) is 0 Å². The number of benzene rings is 1. The lowest BCUT2D eigenvalue weighted by atomic mass is 10.1. The molecule has 0 aromatic heterocycles. The monoisotopic (exact) mass is 208 g/mol. The molecule has 1 heterocycles. The molecule has 0 spiro atoms. The van der Waals surface area contributed by atoms with Crippen molar-refractivity contribution < 1.29 is 19.6 Å². The van der Waals surface area contributed by atoms with Gasteiger partial charge in [-0.05, 0) is 11.1 Å². The van der Waals surface area contributed by atoms with Crippen molar-refractivity contribution in [1.82, 2.24) is 0 Å². The van der Waals surface area contributed by atoms with Gasteiger partial charge in [-0.2, -0.15) is 4.89 Å². The van der Waals surface area contributed by atoms with E-state index in [0.717, 1.165) is 11.1 Å². The van der Waals surface area contributed by atoms with Crippen LogP contribution in [0.25, 0.3) is 0 Å². The molecule has 15 heavy (non-hydrogen) atoms. The summed E-state index contributed by atoms with van der Waals surface area (Å²) in [5.41, 5.74) is 2.03. The fourth-order valence-electron chi connectivity index (χ4n) is 1.25. The Morgan fingerprint density at radius 2 is 1.47 bits per heavy atom. The Balaban J connectivity index is 2.11. The van der Waals surface area contributed by atoms with Crippen LogP contribution in [0, 0.1) is 0 Å². The van der Waals surface area contributed by atoms with E-state index in [1.165, 1.54) is 0 Å². The third kappa shape index (κ3) is 2.79. The Morgan fingerprint density at radius 3 is 2.20 bits per heavy atom. The van der Waals surface area contributed by atoms with Gasteiger partial charge in [0.15, 0.2) is 5.76 Å². The zero-order chi connectivity index (χ0) is 10.5. The standard InChI is InChI=1S/C11H12O4/c1-9-6-12-13-7-10-4-2-3-5-11(10)8-14-15-9/h2-5H,1,6-8H2. The number of hydrogen-bond acceptors (Lipinski definition) is 4. The molecule has 1 aliphatic heterocycles. The van der Waals surface area contributed by atoms with Gasteiger partial charge in [0.25, 0.3) is 0 Å². The highest BCUT2D eigenvalue weighted by atomic mass is 17.2. The second-order valence-corrected chi connectivity index (χ2v) is 3.18. The van der Waals surface area contributed by atoms with Crippen molar-refractivity contribution in [2.45, 2.75) is 13.2 Å². The van der Waals surface area contributed by atoms with Crippen LogP contribution in [-0.2, 0) is 32.8 Å². The lowest BCUT2D eigenvalue weighted by Crippen LogP contribution is -2.08. The van der Waals surface area contributed by atoms with Crippen molar-refractivity contribution >= 4 is 0 Å². The molecule has 0 fully saturated rings. The fourth-order valence-corrected chi connectivity index (χ4v) is 1.25. The van der Waals surface area contributed by atoms with Crippen molar-refractivity contribution in [2.24, 2.45) is 0 Å². The highest BCUT2D eigenvalue weighted by Gasteiger charge is 2.07. The number of fused-ring (bicyclic) bond motifs is 1. The average Bonchev–Trinajstić information content (AvgIpc) is 2.26. The molecule has 0 amide bonds. The first kappa shape index (κ1) is 10.2. The van der Waals surface area contributed by atoms with Gasteiger partial charge >= 0.3 is 0 Å². The van der Waals surface area contributed by atoms with Crippen molar-refractivity contribution in [2.75, 3.05) is 6.61 Å². The molecule has 4 nitrogen and oxygen atoms in total. The van der Waals surface area contributed by atoms with Gasteiger partial charge in [0, 0.05) is 0 Å². The van der Waals surface area contributed by atoms with Crippen LogP contribution in [0.4, 0.5) is 0 Å². The minimum atomic E-state index is 0.169. The van der Waals surface area contributed by atoms with E-state index in [4.69, 9.17) is 19.6 Å². The van der Waals surface area contributed by atoms with Gasteiger partial charge in [0.1, 0.15) is 19.8 Å². The van der Waals surface area contributed by atoms with E-state index < -0.39 is 0 Å². The van der Waals surface area contributed by atoms with E-state index in [-0.39, 0.29) is 6.61 Å². The molecular weight excluding hydrogens is 196 g/mol. The predicted molar refractivity (Wildman–Crippen MR) is 52.2 cm³/mol. The molecule has 80 valence electrons. The summed E-state index contributed by atoms with van der Waals surface area (Å²) in [5, 5.41) is 0. The molecule has 0 N–H and O–H groups in total. The minimum Gasteiger partial charge on any atom is -0.340 e. The first-order valence-corrected chi connectivity index (χ1v) is 4.65. The molecule has 0 unspecified atom stereocenters. The third-order valence-corrected chi connectivity index (χ3v) is 2.03. The molecule has 0 saturated heterocycles. The molecule has 1 aromatic carbocycles. The zero-order valence-corrected chi connectivity index (χ0v) is 8.27. The Hall–Kier alpha value is -1.36. The van der Waals surface area contributed by atoms with Crippen LogP contribution in [-0.4, -0.2) is 6.61 Å². The Morgan fingerprint density at radius 1 is 0.867 bits per heavy atom. The van der Waals surface area contributed by atoms with Crippen LogP contribution >= 0.6 is 0 Å². The molecule has 0 bridgehead atoms. The third-order valence-electron chi connectivity index (χ3n) is 2.03. The summed E-state index contributed by atoms with van der Waals surface area (Å²) < 4.78 is 0. The maximum absolute atomic E-state index is 5.01. The summed E-state index contributed by atoms with van der Waals surface area (Å²) in [5.74, 6) is 0.384. The minimum absolute atomic E-state index is 0.169. The van der Waals surface area contributed by atoms with Crippen molar-refractivity contribution in [1.29, 1.82) is 0 Å². The van der Waals surface area contributed by atoms with Crippen LogP contribution in [0.15, 0.2) is 36.6 Å². The number of hydrogen-bond donors (Lipinski definition) is 0. The van der Waals surface area contributed by atoms with Crippen molar-refractivity contribution in [3.05, 3.63) is 47.7 Å². The van der Waals surface area contributed by atoms with E-state index >= 15 is 0 Å². The Bertz CT molecular complexity index is 348. The molecule has 1 aromatic rings. The second kappa shape index (κ2) is 4.93. The van der Waals surface area contributed by atoms with Crippen molar-refractivity contribution in [3.63, 3.8) is 0 Å². The van der Waals surface area contributed by atoms with E-state index in [0.29, 0.717) is 19.0 Å². The molecule has 2 rings (SSSR count). The quantitative estimate of drug-likeness (QED) is 0.612. The van der Waals surface area contributed by atoms with E-state index in [1.54, 1.807) is 0 Å². The van der Waals surface area contributed by atoms with Gasteiger partial charge in [0.2, 0.25) is 0 Å². The second-order valence-electron chi connectivity index (χ2n) is 3.18. The average molecular weight is 208 g/mol. The lowest BCUT2D eigenvalue weighted by Gasteiger charge is -2.13. The first-order chi connectivity index (χ1) is 7.36. The molecule has 0 aliphatic carbocycles. The van der Waals surface area contributed by atoms with Crippen LogP contribution in [0.2, 0.25) is 0 Å². The van der Waals surface area contributed by atoms with Gasteiger partial charge in [0.05, 0.1) is 0 Å². The van der Waals surface area contributed by atoms with Gasteiger partial charge in [-0.1, -0.05) is 30.8 Å². The summed E-state index contributed by atoms with van der Waals surface area (Å²) in [6.07, 6.45) is 0. The molecule has 0 atom stereocenters. The smallest absolute Gasteiger partial charge is 0.164 e. The Kier molecular flexibility index (Phi) is 3.34. The van der Waals surface area contributed by atoms with Crippen LogP contribution in [0.3, 0.4) is 0 Å². The lowest BCUT2D eigenvalue weighted by molar-refractivity contribution is -0.330. The highest BCUT2D eigenvalue weighted by Crippen LogP contribution is 2.14. The summed E-state index contributed by atoms with van der Waals surface area (Å²) in [6, 6.07) is 7.78. The maximum atomic E-state index is 5.01. The van der Waals surface area contributed by atoms with Crippen molar-refractivity contribution in [3.8, 4) is 0 Å². The van der Waals surface area contributed by atoms with E-state index in [2.05, 4.69) is 6.58 Å². The topological polar surface area (TPSA) is 36.9 Å². The number of rotatable bonds is 0. The summed E-state index contributed by atoms with van der Waals surface area (Å²) in [7, 11) is 0. The molecule has 0 radical (unpaired) electrons. The van der Waals surface area contributed by atoms with E-state index in [9.17, 15) is 0 Å². The SMILES string of the molecule is C=C1COOCc2ccccc2COO1. The summed E-state index contributed by atoms with van der Waals surface area (Å²) in [4.78, 5) is 19.8. The van der Waals surface area contributed by atoms with Gasteiger partial charge < -0.3 is 4.89 Å². The normalized spacial score (nSPS) is 17.7. The molecule has 4 heteroatoms. The van der Waals surface area contributed by atoms with Crippen LogP contribution in [0.5, 0.6) is 0 Å². The molecule has 0 saturated carbocycles. The van der Waals surface area contributed by atoms with Gasteiger partial charge in [-0.15, -0.1) is 0 Å². The largest absolute Gasteiger partial charge is 0.340 e. The summed E-state index contributed by atoms with van der Waals surface area (Å²) in [6.45, 7) is 4.53. The maximum Gasteiger partial charge on any atom is 0.164 e. The highest BCUT2D eigenvalue weighted by molar-refractivity contribution is 5.25. The predicted octanol–water partition coefficient (Wildman–Crippen LogP) is 2.11. The van der Waals surface area contributed by atoms with Gasteiger partial charge in [-0.25, -0.2) is 9.78 Å². The molecular formula is C11H12O4.